The molecule has 10 rings (SSSR count). The van der Waals surface area contributed by atoms with Gasteiger partial charge in [-0.1, -0.05) is 121 Å². The first kappa shape index (κ1) is 29.0. The summed E-state index contributed by atoms with van der Waals surface area (Å²) in [6.07, 6.45) is 0. The Balaban J connectivity index is 1.12. The van der Waals surface area contributed by atoms with Gasteiger partial charge in [-0.3, -0.25) is 0 Å². The molecular weight excluding hydrogens is 625 g/mol. The second kappa shape index (κ2) is 11.9. The third-order valence-electron chi connectivity index (χ3n) is 9.69. The van der Waals surface area contributed by atoms with Crippen LogP contribution in [0, 0.1) is 0 Å². The number of rotatable bonds is 6. The van der Waals surface area contributed by atoms with Crippen LogP contribution < -0.4 is 4.90 Å². The molecule has 0 aliphatic heterocycles. The van der Waals surface area contributed by atoms with Crippen LogP contribution in [-0.2, 0) is 0 Å². The maximum Gasteiger partial charge on any atom is 0.227 e. The first-order valence-corrected chi connectivity index (χ1v) is 17.1. The normalized spacial score (nSPS) is 11.5. The number of hydrogen-bond acceptors (Lipinski definition) is 4. The van der Waals surface area contributed by atoms with Gasteiger partial charge in [0.15, 0.2) is 5.58 Å². The molecular formula is C47H30N2O2. The second-order valence-electron chi connectivity index (χ2n) is 12.8. The molecule has 0 atom stereocenters. The number of anilines is 3. The lowest BCUT2D eigenvalue weighted by Crippen LogP contribution is -2.09. The lowest BCUT2D eigenvalue weighted by atomic mass is 10.0. The van der Waals surface area contributed by atoms with Crippen molar-refractivity contribution in [1.82, 2.24) is 4.98 Å². The summed E-state index contributed by atoms with van der Waals surface area (Å²) in [6.45, 7) is 0. The summed E-state index contributed by atoms with van der Waals surface area (Å²) in [6, 6.07) is 63.4. The highest BCUT2D eigenvalue weighted by molar-refractivity contribution is 6.19. The van der Waals surface area contributed by atoms with Gasteiger partial charge in [-0.15, -0.1) is 0 Å². The fraction of sp³-hybridized carbons (Fsp3) is 0. The zero-order chi connectivity index (χ0) is 33.7. The van der Waals surface area contributed by atoms with Crippen LogP contribution in [0.1, 0.15) is 0 Å². The Hall–Kier alpha value is -6.91. The van der Waals surface area contributed by atoms with Crippen molar-refractivity contribution in [3.05, 3.63) is 182 Å². The van der Waals surface area contributed by atoms with Crippen molar-refractivity contribution >= 4 is 60.9 Å². The van der Waals surface area contributed by atoms with Crippen LogP contribution in [0.15, 0.2) is 191 Å². The van der Waals surface area contributed by atoms with Gasteiger partial charge in [0.25, 0.3) is 0 Å². The van der Waals surface area contributed by atoms with Crippen molar-refractivity contribution in [2.75, 3.05) is 4.90 Å². The minimum Gasteiger partial charge on any atom is -0.456 e. The average molecular weight is 655 g/mol. The number of nitrogens with zero attached hydrogens (tertiary/aromatic N) is 2. The van der Waals surface area contributed by atoms with E-state index in [2.05, 4.69) is 132 Å². The molecule has 8 aromatic carbocycles. The number of benzene rings is 8. The Morgan fingerprint density at radius 2 is 1.00 bits per heavy atom. The predicted octanol–water partition coefficient (Wildman–Crippen LogP) is 13.4. The molecule has 2 aromatic heterocycles. The van der Waals surface area contributed by atoms with E-state index in [0.29, 0.717) is 5.89 Å². The van der Waals surface area contributed by atoms with Crippen molar-refractivity contribution in [1.29, 1.82) is 0 Å². The summed E-state index contributed by atoms with van der Waals surface area (Å²) in [5.74, 6) is 0.586. The van der Waals surface area contributed by atoms with Crippen molar-refractivity contribution in [3.63, 3.8) is 0 Å². The zero-order valence-electron chi connectivity index (χ0n) is 27.5. The maximum absolute atomic E-state index is 6.57. The first-order valence-electron chi connectivity index (χ1n) is 17.1. The lowest BCUT2D eigenvalue weighted by Gasteiger charge is -2.26. The first-order chi connectivity index (χ1) is 25.3. The highest BCUT2D eigenvalue weighted by atomic mass is 16.4. The van der Waals surface area contributed by atoms with E-state index < -0.39 is 0 Å². The molecule has 4 heteroatoms. The minimum atomic E-state index is 0.586. The van der Waals surface area contributed by atoms with Gasteiger partial charge in [0.1, 0.15) is 16.7 Å². The van der Waals surface area contributed by atoms with Gasteiger partial charge in [-0.25, -0.2) is 4.98 Å². The lowest BCUT2D eigenvalue weighted by molar-refractivity contribution is 0.622. The number of aromatic nitrogens is 1. The van der Waals surface area contributed by atoms with Crippen molar-refractivity contribution in [2.24, 2.45) is 0 Å². The smallest absolute Gasteiger partial charge is 0.227 e. The fourth-order valence-corrected chi connectivity index (χ4v) is 7.18. The Morgan fingerprint density at radius 1 is 0.412 bits per heavy atom. The monoisotopic (exact) mass is 654 g/mol. The van der Waals surface area contributed by atoms with E-state index in [-0.39, 0.29) is 0 Å². The van der Waals surface area contributed by atoms with Gasteiger partial charge >= 0.3 is 0 Å². The second-order valence-corrected chi connectivity index (χ2v) is 12.8. The molecule has 0 aliphatic carbocycles. The highest BCUT2D eigenvalue weighted by Crippen LogP contribution is 2.43. The average Bonchev–Trinajstić information content (AvgIpc) is 3.81. The number of oxazole rings is 1. The molecule has 240 valence electrons. The molecule has 0 unspecified atom stereocenters. The largest absolute Gasteiger partial charge is 0.456 e. The van der Waals surface area contributed by atoms with Gasteiger partial charge in [0, 0.05) is 33.6 Å². The number of fused-ring (bicyclic) bond motifs is 6. The predicted molar refractivity (Wildman–Crippen MR) is 210 cm³/mol. The van der Waals surface area contributed by atoms with Crippen LogP contribution >= 0.6 is 0 Å². The van der Waals surface area contributed by atoms with Gasteiger partial charge in [-0.05, 0) is 88.1 Å². The van der Waals surface area contributed by atoms with Crippen molar-refractivity contribution in [3.8, 4) is 33.7 Å². The van der Waals surface area contributed by atoms with Gasteiger partial charge in [0.05, 0.1) is 5.39 Å². The molecule has 0 saturated carbocycles. The summed E-state index contributed by atoms with van der Waals surface area (Å²) in [5.41, 5.74) is 11.6. The van der Waals surface area contributed by atoms with Crippen LogP contribution in [0.5, 0.6) is 0 Å². The topological polar surface area (TPSA) is 42.4 Å². The van der Waals surface area contributed by atoms with Crippen LogP contribution in [-0.4, -0.2) is 4.98 Å². The zero-order valence-corrected chi connectivity index (χ0v) is 27.5. The van der Waals surface area contributed by atoms with E-state index >= 15 is 0 Å². The molecule has 0 radical (unpaired) electrons. The molecule has 0 spiro atoms. The molecule has 0 amide bonds. The molecule has 0 N–H and O–H groups in total. The van der Waals surface area contributed by atoms with Crippen LogP contribution in [0.3, 0.4) is 0 Å². The third-order valence-corrected chi connectivity index (χ3v) is 9.69. The summed E-state index contributed by atoms with van der Waals surface area (Å²) >= 11 is 0. The minimum absolute atomic E-state index is 0.586. The van der Waals surface area contributed by atoms with Gasteiger partial charge < -0.3 is 13.7 Å². The third kappa shape index (κ3) is 5.04. The number of furan rings is 1. The number of para-hydroxylation sites is 1. The van der Waals surface area contributed by atoms with Gasteiger partial charge in [-0.2, -0.15) is 0 Å². The van der Waals surface area contributed by atoms with Crippen molar-refractivity contribution < 1.29 is 8.83 Å². The Morgan fingerprint density at radius 3 is 1.75 bits per heavy atom. The molecule has 0 fully saturated rings. The molecule has 2 heterocycles. The van der Waals surface area contributed by atoms with E-state index in [4.69, 9.17) is 13.8 Å². The molecule has 51 heavy (non-hydrogen) atoms. The van der Waals surface area contributed by atoms with Crippen LogP contribution in [0.25, 0.3) is 77.5 Å². The van der Waals surface area contributed by atoms with E-state index in [0.717, 1.165) is 66.8 Å². The molecule has 4 nitrogen and oxygen atoms in total. The highest BCUT2D eigenvalue weighted by Gasteiger charge is 2.21. The summed E-state index contributed by atoms with van der Waals surface area (Å²) in [5, 5.41) is 4.36. The van der Waals surface area contributed by atoms with E-state index in [9.17, 15) is 0 Å². The maximum atomic E-state index is 6.57. The summed E-state index contributed by atoms with van der Waals surface area (Å²) in [7, 11) is 0. The molecule has 0 bridgehead atoms. The Kier molecular flexibility index (Phi) is 6.78. The Labute approximate surface area is 294 Å². The van der Waals surface area contributed by atoms with Gasteiger partial charge in [0.2, 0.25) is 5.89 Å². The SMILES string of the molecule is c1ccc(-c2ccc(N(c3ccc(-c4cc5oc6ccccc6c5c5oc(-c6ccccc6)nc45)cc3)c3ccc4ccccc4c3)cc2)cc1. The van der Waals surface area contributed by atoms with Crippen LogP contribution in [0.4, 0.5) is 17.1 Å². The van der Waals surface area contributed by atoms with Crippen molar-refractivity contribution in [2.45, 2.75) is 0 Å². The fourth-order valence-electron chi connectivity index (χ4n) is 7.18. The standard InChI is InChI=1S/C47H30N2O2/c1-3-11-31(12-4-1)33-19-24-37(25-20-33)49(39-28-21-32-13-7-8-16-36(32)29-39)38-26-22-34(23-27-38)41-30-43-44(40-17-9-10-18-42(40)50-43)46-45(41)48-47(51-46)35-14-5-2-6-15-35/h1-30H. The molecule has 10 aromatic rings. The number of hydrogen-bond donors (Lipinski definition) is 0. The summed E-state index contributed by atoms with van der Waals surface area (Å²) in [4.78, 5) is 7.40. The van der Waals surface area contributed by atoms with E-state index in [1.807, 2.05) is 54.6 Å². The molecule has 0 aliphatic rings. The Bertz CT molecular complexity index is 2840. The van der Waals surface area contributed by atoms with E-state index in [1.54, 1.807) is 0 Å². The molecule has 0 saturated heterocycles. The van der Waals surface area contributed by atoms with E-state index in [1.165, 1.54) is 21.9 Å². The quantitative estimate of drug-likeness (QED) is 0.179. The summed E-state index contributed by atoms with van der Waals surface area (Å²) < 4.78 is 13.0. The van der Waals surface area contributed by atoms with Crippen LogP contribution in [0.2, 0.25) is 0 Å².